The molecule has 0 aliphatic carbocycles. The van der Waals surface area contributed by atoms with Crippen LogP contribution in [0.1, 0.15) is 17.3 Å². The van der Waals surface area contributed by atoms with E-state index in [1.165, 1.54) is 6.33 Å². The number of ether oxygens (including phenoxy) is 2. The third-order valence-corrected chi connectivity index (χ3v) is 2.86. The highest BCUT2D eigenvalue weighted by molar-refractivity contribution is 5.31. The Morgan fingerprint density at radius 1 is 1.16 bits per heavy atom. The molecule has 0 radical (unpaired) electrons. The quantitative estimate of drug-likeness (QED) is 0.885. The highest BCUT2D eigenvalue weighted by Crippen LogP contribution is 2.20. The molecule has 1 unspecified atom stereocenters. The van der Waals surface area contributed by atoms with Crippen molar-refractivity contribution in [1.82, 2.24) is 9.97 Å². The molecular formula is C14H17N3O2. The van der Waals surface area contributed by atoms with Crippen molar-refractivity contribution < 1.29 is 9.47 Å². The van der Waals surface area contributed by atoms with Gasteiger partial charge in [-0.05, 0) is 17.7 Å². The largest absolute Gasteiger partial charge is 0.497 e. The second-order valence-electron chi connectivity index (χ2n) is 4.14. The first-order chi connectivity index (χ1) is 9.22. The van der Waals surface area contributed by atoms with Crippen molar-refractivity contribution in [2.75, 3.05) is 14.2 Å². The normalized spacial score (nSPS) is 11.9. The van der Waals surface area contributed by atoms with E-state index in [4.69, 9.17) is 15.2 Å². The molecule has 0 spiro atoms. The first-order valence-electron chi connectivity index (χ1n) is 5.97. The van der Waals surface area contributed by atoms with Crippen molar-refractivity contribution >= 4 is 0 Å². The van der Waals surface area contributed by atoms with Gasteiger partial charge in [-0.2, -0.15) is 0 Å². The van der Waals surface area contributed by atoms with Crippen LogP contribution in [0.2, 0.25) is 0 Å². The fraction of sp³-hybridized carbons (Fsp3) is 0.286. The highest BCUT2D eigenvalue weighted by atomic mass is 16.5. The zero-order valence-corrected chi connectivity index (χ0v) is 11.0. The van der Waals surface area contributed by atoms with Crippen molar-refractivity contribution in [3.8, 4) is 11.6 Å². The average Bonchev–Trinajstić information content (AvgIpc) is 2.47. The van der Waals surface area contributed by atoms with Gasteiger partial charge in [0.05, 0.1) is 14.2 Å². The van der Waals surface area contributed by atoms with Gasteiger partial charge in [0.25, 0.3) is 0 Å². The smallest absolute Gasteiger partial charge is 0.216 e. The molecule has 5 heteroatoms. The van der Waals surface area contributed by atoms with Gasteiger partial charge in [-0.3, -0.25) is 0 Å². The number of rotatable bonds is 5. The van der Waals surface area contributed by atoms with Gasteiger partial charge in [-0.15, -0.1) is 0 Å². The summed E-state index contributed by atoms with van der Waals surface area (Å²) in [5.74, 6) is 1.34. The molecule has 5 nitrogen and oxygen atoms in total. The SMILES string of the molecule is COc1cccc(C(N)Cc2cc(OC)ncn2)c1. The standard InChI is InChI=1S/C14H17N3O2/c1-18-12-5-3-4-10(6-12)13(15)7-11-8-14(19-2)17-9-16-11/h3-6,8-9,13H,7,15H2,1-2H3. The van der Waals surface area contributed by atoms with E-state index in [2.05, 4.69) is 9.97 Å². The Hall–Kier alpha value is -2.14. The number of benzene rings is 1. The molecule has 0 amide bonds. The minimum absolute atomic E-state index is 0.144. The zero-order chi connectivity index (χ0) is 13.7. The lowest BCUT2D eigenvalue weighted by atomic mass is 10.0. The van der Waals surface area contributed by atoms with Crippen molar-refractivity contribution in [2.24, 2.45) is 5.73 Å². The molecule has 0 saturated heterocycles. The summed E-state index contributed by atoms with van der Waals surface area (Å²) in [6.45, 7) is 0. The van der Waals surface area contributed by atoms with Crippen LogP contribution in [0.5, 0.6) is 11.6 Å². The maximum absolute atomic E-state index is 6.19. The molecule has 0 bridgehead atoms. The Bertz CT molecular complexity index is 546. The van der Waals surface area contributed by atoms with Crippen molar-refractivity contribution in [3.05, 3.63) is 47.9 Å². The van der Waals surface area contributed by atoms with E-state index >= 15 is 0 Å². The molecule has 0 fully saturated rings. The Morgan fingerprint density at radius 3 is 2.74 bits per heavy atom. The predicted octanol–water partition coefficient (Wildman–Crippen LogP) is 1.74. The van der Waals surface area contributed by atoms with Crippen LogP contribution in [-0.2, 0) is 6.42 Å². The van der Waals surface area contributed by atoms with Crippen LogP contribution >= 0.6 is 0 Å². The molecule has 2 rings (SSSR count). The molecule has 0 aliphatic rings. The van der Waals surface area contributed by atoms with E-state index in [0.717, 1.165) is 17.0 Å². The Morgan fingerprint density at radius 2 is 2.00 bits per heavy atom. The van der Waals surface area contributed by atoms with Crippen molar-refractivity contribution in [2.45, 2.75) is 12.5 Å². The van der Waals surface area contributed by atoms with Crippen LogP contribution in [0.25, 0.3) is 0 Å². The molecule has 19 heavy (non-hydrogen) atoms. The van der Waals surface area contributed by atoms with Gasteiger partial charge < -0.3 is 15.2 Å². The van der Waals surface area contributed by atoms with Crippen molar-refractivity contribution in [3.63, 3.8) is 0 Å². The number of hydrogen-bond donors (Lipinski definition) is 1. The van der Waals surface area contributed by atoms with E-state index < -0.39 is 0 Å². The minimum atomic E-state index is -0.144. The van der Waals surface area contributed by atoms with Gasteiger partial charge in [0, 0.05) is 24.2 Å². The third kappa shape index (κ3) is 3.42. The number of nitrogens with two attached hydrogens (primary N) is 1. The minimum Gasteiger partial charge on any atom is -0.497 e. The van der Waals surface area contributed by atoms with Crippen LogP contribution in [-0.4, -0.2) is 24.2 Å². The summed E-state index contributed by atoms with van der Waals surface area (Å²) in [6, 6.07) is 9.38. The molecule has 0 aliphatic heterocycles. The maximum Gasteiger partial charge on any atom is 0.216 e. The van der Waals surface area contributed by atoms with Gasteiger partial charge in [0.15, 0.2) is 0 Å². The summed E-state index contributed by atoms with van der Waals surface area (Å²) in [4.78, 5) is 8.16. The Balaban J connectivity index is 2.13. The topological polar surface area (TPSA) is 70.3 Å². The van der Waals surface area contributed by atoms with Crippen molar-refractivity contribution in [1.29, 1.82) is 0 Å². The average molecular weight is 259 g/mol. The fourth-order valence-electron chi connectivity index (χ4n) is 1.82. The van der Waals surface area contributed by atoms with Gasteiger partial charge in [0.2, 0.25) is 5.88 Å². The lowest BCUT2D eigenvalue weighted by Gasteiger charge is -2.13. The predicted molar refractivity (Wildman–Crippen MR) is 72.2 cm³/mol. The lowest BCUT2D eigenvalue weighted by Crippen LogP contribution is -2.14. The van der Waals surface area contributed by atoms with Crippen LogP contribution in [0.4, 0.5) is 0 Å². The van der Waals surface area contributed by atoms with E-state index in [1.807, 2.05) is 24.3 Å². The molecule has 2 N–H and O–H groups in total. The van der Waals surface area contributed by atoms with Crippen LogP contribution < -0.4 is 15.2 Å². The number of nitrogens with zero attached hydrogens (tertiary/aromatic N) is 2. The molecule has 0 saturated carbocycles. The summed E-state index contributed by atoms with van der Waals surface area (Å²) in [5, 5.41) is 0. The van der Waals surface area contributed by atoms with E-state index in [0.29, 0.717) is 12.3 Å². The highest BCUT2D eigenvalue weighted by Gasteiger charge is 2.10. The second-order valence-corrected chi connectivity index (χ2v) is 4.14. The van der Waals surface area contributed by atoms with E-state index in [9.17, 15) is 0 Å². The number of hydrogen-bond acceptors (Lipinski definition) is 5. The Labute approximate surface area is 112 Å². The lowest BCUT2D eigenvalue weighted by molar-refractivity contribution is 0.395. The monoisotopic (exact) mass is 259 g/mol. The number of methoxy groups -OCH3 is 2. The summed E-state index contributed by atoms with van der Waals surface area (Å²) in [5.41, 5.74) is 8.05. The van der Waals surface area contributed by atoms with Gasteiger partial charge >= 0.3 is 0 Å². The Kier molecular flexibility index (Phi) is 4.30. The zero-order valence-electron chi connectivity index (χ0n) is 11.0. The van der Waals surface area contributed by atoms with Gasteiger partial charge in [-0.25, -0.2) is 9.97 Å². The molecule has 2 aromatic rings. The number of aromatic nitrogens is 2. The van der Waals surface area contributed by atoms with E-state index in [-0.39, 0.29) is 6.04 Å². The summed E-state index contributed by atoms with van der Waals surface area (Å²) in [7, 11) is 3.22. The summed E-state index contributed by atoms with van der Waals surface area (Å²) < 4.78 is 10.3. The molecule has 1 heterocycles. The fourth-order valence-corrected chi connectivity index (χ4v) is 1.82. The van der Waals surface area contributed by atoms with Gasteiger partial charge in [0.1, 0.15) is 12.1 Å². The van der Waals surface area contributed by atoms with Crippen LogP contribution in [0.15, 0.2) is 36.7 Å². The summed E-state index contributed by atoms with van der Waals surface area (Å²) in [6.07, 6.45) is 2.10. The van der Waals surface area contributed by atoms with Crippen LogP contribution in [0, 0.1) is 0 Å². The summed E-state index contributed by atoms with van der Waals surface area (Å²) >= 11 is 0. The molecule has 1 aromatic carbocycles. The molecule has 1 aromatic heterocycles. The molecule has 100 valence electrons. The molecular weight excluding hydrogens is 242 g/mol. The first-order valence-corrected chi connectivity index (χ1v) is 5.97. The van der Waals surface area contributed by atoms with Gasteiger partial charge in [-0.1, -0.05) is 12.1 Å². The maximum atomic E-state index is 6.19. The molecule has 1 atom stereocenters. The van der Waals surface area contributed by atoms with E-state index in [1.54, 1.807) is 20.3 Å². The first kappa shape index (κ1) is 13.3. The second kappa shape index (κ2) is 6.15. The van der Waals surface area contributed by atoms with Crippen LogP contribution in [0.3, 0.4) is 0 Å². The third-order valence-electron chi connectivity index (χ3n) is 2.86.